The number of hydrogen-bond acceptors (Lipinski definition) is 9. The Labute approximate surface area is 215 Å². The summed E-state index contributed by atoms with van der Waals surface area (Å²) >= 11 is 0. The number of aliphatic hydroxyl groups is 3. The van der Waals surface area contributed by atoms with Crippen molar-refractivity contribution >= 4 is 17.7 Å². The van der Waals surface area contributed by atoms with Crippen molar-refractivity contribution in [2.75, 3.05) is 13.2 Å². The van der Waals surface area contributed by atoms with Crippen LogP contribution in [0.1, 0.15) is 57.3 Å². The fourth-order valence-corrected chi connectivity index (χ4v) is 6.18. The number of aliphatic hydroxyl groups excluding tert-OH is 2. The molecular formula is C28H34O9. The third-order valence-electron chi connectivity index (χ3n) is 8.19. The predicted molar refractivity (Wildman–Crippen MR) is 131 cm³/mol. The zero-order chi connectivity index (χ0) is 27.1. The Kier molecular flexibility index (Phi) is 7.34. The maximum atomic E-state index is 13.5. The normalized spacial score (nSPS) is 35.8. The molecule has 1 unspecified atom stereocenters. The summed E-state index contributed by atoms with van der Waals surface area (Å²) in [5.74, 6) is -4.45. The molecule has 2 bridgehead atoms. The van der Waals surface area contributed by atoms with E-state index in [1.54, 1.807) is 44.2 Å². The van der Waals surface area contributed by atoms with Crippen LogP contribution in [0.25, 0.3) is 0 Å². The number of Topliss-reactive ketones (excluding diaryl/α,β-unsaturated/α-hetero) is 1. The fourth-order valence-electron chi connectivity index (χ4n) is 6.18. The minimum atomic E-state index is -1.73. The van der Waals surface area contributed by atoms with Crippen molar-refractivity contribution in [2.24, 2.45) is 11.8 Å². The Bertz CT molecular complexity index is 1150. The molecule has 3 N–H and O–H groups in total. The molecule has 1 fully saturated rings. The van der Waals surface area contributed by atoms with Gasteiger partial charge < -0.3 is 29.5 Å². The van der Waals surface area contributed by atoms with Crippen molar-refractivity contribution in [3.05, 3.63) is 58.4 Å². The summed E-state index contributed by atoms with van der Waals surface area (Å²) < 4.78 is 17.6. The molecule has 1 aliphatic heterocycles. The number of ketones is 1. The number of fused-ring (bicyclic) bond motifs is 2. The molecule has 200 valence electrons. The van der Waals surface area contributed by atoms with Gasteiger partial charge in [0, 0.05) is 31.4 Å². The summed E-state index contributed by atoms with van der Waals surface area (Å²) in [6, 6.07) is 8.28. The minimum absolute atomic E-state index is 0.0867. The van der Waals surface area contributed by atoms with Crippen LogP contribution in [-0.2, 0) is 23.8 Å². The Morgan fingerprint density at radius 2 is 1.86 bits per heavy atom. The fraction of sp³-hybridized carbons (Fsp3) is 0.536. The number of esters is 2. The average Bonchev–Trinajstić information content (AvgIpc) is 2.87. The number of hydrogen-bond donors (Lipinski definition) is 3. The van der Waals surface area contributed by atoms with Crippen molar-refractivity contribution in [1.29, 1.82) is 0 Å². The van der Waals surface area contributed by atoms with E-state index < -0.39 is 58.7 Å². The van der Waals surface area contributed by atoms with E-state index in [-0.39, 0.29) is 42.8 Å². The molecular weight excluding hydrogens is 480 g/mol. The van der Waals surface area contributed by atoms with Crippen LogP contribution in [0.3, 0.4) is 0 Å². The second-order valence-corrected chi connectivity index (χ2v) is 10.3. The van der Waals surface area contributed by atoms with Gasteiger partial charge in [-0.25, -0.2) is 4.79 Å². The van der Waals surface area contributed by atoms with Crippen molar-refractivity contribution < 1.29 is 43.9 Å². The van der Waals surface area contributed by atoms with Crippen molar-refractivity contribution in [2.45, 2.75) is 70.4 Å². The van der Waals surface area contributed by atoms with E-state index in [2.05, 4.69) is 0 Å². The number of ether oxygens (including phenoxy) is 3. The van der Waals surface area contributed by atoms with Crippen LogP contribution >= 0.6 is 0 Å². The maximum absolute atomic E-state index is 13.5. The molecule has 37 heavy (non-hydrogen) atoms. The third kappa shape index (κ3) is 4.39. The predicted octanol–water partition coefficient (Wildman–Crippen LogP) is 2.80. The zero-order valence-corrected chi connectivity index (χ0v) is 21.5. The van der Waals surface area contributed by atoms with E-state index in [0.29, 0.717) is 6.42 Å². The summed E-state index contributed by atoms with van der Waals surface area (Å²) in [6.45, 7) is 5.77. The van der Waals surface area contributed by atoms with Crippen LogP contribution in [-0.4, -0.2) is 69.7 Å². The minimum Gasteiger partial charge on any atom is -0.504 e. The highest BCUT2D eigenvalue weighted by Crippen LogP contribution is 2.53. The summed E-state index contributed by atoms with van der Waals surface area (Å²) in [5, 5.41) is 33.1. The van der Waals surface area contributed by atoms with Gasteiger partial charge in [0.05, 0.1) is 18.1 Å². The molecule has 1 aromatic carbocycles. The average molecular weight is 515 g/mol. The van der Waals surface area contributed by atoms with Crippen molar-refractivity contribution in [3.63, 3.8) is 0 Å². The van der Waals surface area contributed by atoms with Crippen molar-refractivity contribution in [3.8, 4) is 0 Å². The van der Waals surface area contributed by atoms with E-state index >= 15 is 0 Å². The first kappa shape index (κ1) is 27.0. The molecule has 9 heteroatoms. The number of rotatable bonds is 6. The topological polar surface area (TPSA) is 140 Å². The van der Waals surface area contributed by atoms with Crippen LogP contribution in [0.4, 0.5) is 0 Å². The molecule has 0 amide bonds. The molecule has 0 radical (unpaired) electrons. The molecule has 9 nitrogen and oxygen atoms in total. The third-order valence-corrected chi connectivity index (χ3v) is 8.19. The summed E-state index contributed by atoms with van der Waals surface area (Å²) in [5.41, 5.74) is -1.84. The highest BCUT2D eigenvalue weighted by atomic mass is 16.6. The molecule has 3 aliphatic rings. The highest BCUT2D eigenvalue weighted by molar-refractivity contribution is 6.08. The van der Waals surface area contributed by atoms with E-state index in [4.69, 9.17) is 14.2 Å². The van der Waals surface area contributed by atoms with Crippen LogP contribution in [0.2, 0.25) is 0 Å². The van der Waals surface area contributed by atoms with E-state index in [1.165, 1.54) is 13.8 Å². The van der Waals surface area contributed by atoms with E-state index in [1.807, 2.05) is 0 Å². The number of carbonyl (C=O) groups excluding carboxylic acids is 3. The molecule has 1 saturated heterocycles. The van der Waals surface area contributed by atoms with Gasteiger partial charge in [-0.2, -0.15) is 0 Å². The quantitative estimate of drug-likeness (QED) is 0.489. The second-order valence-electron chi connectivity index (χ2n) is 10.3. The van der Waals surface area contributed by atoms with E-state index in [9.17, 15) is 29.7 Å². The first-order valence-electron chi connectivity index (χ1n) is 12.5. The van der Waals surface area contributed by atoms with Crippen LogP contribution in [0.15, 0.2) is 52.8 Å². The Morgan fingerprint density at radius 1 is 1.19 bits per heavy atom. The Balaban J connectivity index is 1.96. The van der Waals surface area contributed by atoms with Gasteiger partial charge in [-0.15, -0.1) is 0 Å². The van der Waals surface area contributed by atoms with E-state index in [0.717, 1.165) is 5.57 Å². The van der Waals surface area contributed by atoms with Crippen LogP contribution in [0, 0.1) is 11.8 Å². The first-order valence-corrected chi connectivity index (χ1v) is 12.5. The van der Waals surface area contributed by atoms with Gasteiger partial charge in [-0.05, 0) is 44.4 Å². The highest BCUT2D eigenvalue weighted by Gasteiger charge is 2.66. The summed E-state index contributed by atoms with van der Waals surface area (Å²) in [7, 11) is 0. The zero-order valence-electron chi connectivity index (χ0n) is 21.5. The van der Waals surface area contributed by atoms with Gasteiger partial charge in [-0.1, -0.05) is 30.7 Å². The second kappa shape index (κ2) is 10.0. The lowest BCUT2D eigenvalue weighted by molar-refractivity contribution is -0.291. The standard InChI is InChI=1S/C28H34O9/c1-15-10-12-27(34)17(3)21(15)24(32)23(31)16(2)22(25(27)36-26(33)19-8-6-5-7-9-19)28(37-18(4)30)14-35-20(28)11-13-29/h5-9,17,20,22,25,29,31,34H,10-14H2,1-4H3/b23-16+/t17-,20+,22?,25-,27-,28-/m0/s1. The molecule has 2 aliphatic carbocycles. The van der Waals surface area contributed by atoms with Gasteiger partial charge in [0.1, 0.15) is 17.8 Å². The van der Waals surface area contributed by atoms with Crippen molar-refractivity contribution in [1.82, 2.24) is 0 Å². The van der Waals surface area contributed by atoms with Gasteiger partial charge in [-0.3, -0.25) is 9.59 Å². The van der Waals surface area contributed by atoms with Gasteiger partial charge in [0.2, 0.25) is 5.78 Å². The lowest BCUT2D eigenvalue weighted by atomic mass is 9.59. The summed E-state index contributed by atoms with van der Waals surface area (Å²) in [6.07, 6.45) is -1.53. The Hall–Kier alpha value is -3.01. The first-order chi connectivity index (χ1) is 17.5. The number of carbonyl (C=O) groups is 3. The number of allylic oxidation sites excluding steroid dienone is 2. The van der Waals surface area contributed by atoms with Gasteiger partial charge >= 0.3 is 11.9 Å². The lowest BCUT2D eigenvalue weighted by Crippen LogP contribution is -2.71. The smallest absolute Gasteiger partial charge is 0.338 e. The molecule has 6 atom stereocenters. The van der Waals surface area contributed by atoms with Crippen LogP contribution in [0.5, 0.6) is 0 Å². The SMILES string of the molecule is CC(=O)O[C@@]1(C2/C(C)=C(/O)C(=O)C3=C(C)CC[C@](O)([C@H]3C)[C@H]2OC(=O)c2ccccc2)CO[C@@H]1CCO. The monoisotopic (exact) mass is 514 g/mol. The van der Waals surface area contributed by atoms with Gasteiger partial charge in [0.25, 0.3) is 0 Å². The molecule has 1 aromatic rings. The molecule has 0 spiro atoms. The Morgan fingerprint density at radius 3 is 2.43 bits per heavy atom. The van der Waals surface area contributed by atoms with Gasteiger partial charge in [0.15, 0.2) is 11.4 Å². The largest absolute Gasteiger partial charge is 0.504 e. The lowest BCUT2D eigenvalue weighted by Gasteiger charge is -2.57. The molecule has 0 saturated carbocycles. The molecule has 4 rings (SSSR count). The van der Waals surface area contributed by atoms with Crippen LogP contribution < -0.4 is 0 Å². The molecule has 1 heterocycles. The summed E-state index contributed by atoms with van der Waals surface area (Å²) in [4.78, 5) is 39.2. The number of benzene rings is 1. The molecule has 0 aromatic heterocycles. The maximum Gasteiger partial charge on any atom is 0.338 e.